The molecular weight excluding hydrogens is 260 g/mol. The zero-order valence-electron chi connectivity index (χ0n) is 11.4. The highest BCUT2D eigenvalue weighted by Crippen LogP contribution is 2.29. The summed E-state index contributed by atoms with van der Waals surface area (Å²) in [6, 6.07) is 8.93. The zero-order valence-corrected chi connectivity index (χ0v) is 11.4. The number of carbonyl (C=O) groups is 1. The second kappa shape index (κ2) is 6.83. The zero-order chi connectivity index (χ0) is 14.5. The van der Waals surface area contributed by atoms with Crippen LogP contribution >= 0.6 is 0 Å². The van der Waals surface area contributed by atoms with Gasteiger partial charge in [0.1, 0.15) is 12.2 Å². The summed E-state index contributed by atoms with van der Waals surface area (Å²) in [5, 5.41) is 20.5. The van der Waals surface area contributed by atoms with Gasteiger partial charge in [0.05, 0.1) is 6.10 Å². The molecule has 4 atom stereocenters. The number of hydrogen-bond acceptors (Lipinski definition) is 5. The number of aliphatic hydroxyl groups is 2. The molecule has 1 aliphatic rings. The number of carbonyl (C=O) groups excluding carboxylic acids is 1. The molecule has 2 N–H and O–H groups in total. The van der Waals surface area contributed by atoms with Gasteiger partial charge in [-0.25, -0.2) is 0 Å². The number of aliphatic hydroxyl groups excluding tert-OH is 2. The van der Waals surface area contributed by atoms with Crippen molar-refractivity contribution >= 4 is 5.97 Å². The number of hydrogen-bond donors (Lipinski definition) is 2. The molecule has 1 saturated heterocycles. The number of ether oxygens (including phenoxy) is 2. The van der Waals surface area contributed by atoms with Crippen LogP contribution < -0.4 is 0 Å². The fourth-order valence-electron chi connectivity index (χ4n) is 2.40. The molecule has 0 spiro atoms. The van der Waals surface area contributed by atoms with Crippen LogP contribution in [0.1, 0.15) is 31.4 Å². The lowest BCUT2D eigenvalue weighted by Gasteiger charge is -2.33. The van der Waals surface area contributed by atoms with E-state index in [-0.39, 0.29) is 6.42 Å². The van der Waals surface area contributed by atoms with E-state index in [1.807, 2.05) is 13.0 Å². The largest absolute Gasteiger partial charge is 0.455 e. The summed E-state index contributed by atoms with van der Waals surface area (Å²) in [5.41, 5.74) is 0.657. The van der Waals surface area contributed by atoms with Crippen LogP contribution in [0, 0.1) is 0 Å². The quantitative estimate of drug-likeness (QED) is 0.813. The third-order valence-corrected chi connectivity index (χ3v) is 3.44. The molecular formula is C15H20O5. The summed E-state index contributed by atoms with van der Waals surface area (Å²) < 4.78 is 10.7. The molecule has 0 unspecified atom stereocenters. The Morgan fingerprint density at radius 3 is 2.60 bits per heavy atom. The van der Waals surface area contributed by atoms with Gasteiger partial charge in [-0.3, -0.25) is 4.79 Å². The molecule has 0 aromatic heterocycles. The lowest BCUT2D eigenvalue weighted by Crippen LogP contribution is -2.45. The second-order valence-corrected chi connectivity index (χ2v) is 4.83. The topological polar surface area (TPSA) is 76.0 Å². The average molecular weight is 280 g/mol. The van der Waals surface area contributed by atoms with Crippen molar-refractivity contribution in [2.24, 2.45) is 0 Å². The highest BCUT2D eigenvalue weighted by atomic mass is 16.6. The molecule has 1 aromatic carbocycles. The minimum Gasteiger partial charge on any atom is -0.455 e. The molecule has 1 heterocycles. The molecule has 20 heavy (non-hydrogen) atoms. The van der Waals surface area contributed by atoms with Gasteiger partial charge in [-0.1, -0.05) is 30.3 Å². The van der Waals surface area contributed by atoms with E-state index in [2.05, 4.69) is 0 Å². The summed E-state index contributed by atoms with van der Waals surface area (Å²) in [5.74, 6) is -0.394. The highest BCUT2D eigenvalue weighted by Gasteiger charge is 2.38. The number of rotatable bonds is 3. The average Bonchev–Trinajstić information content (AvgIpc) is 2.47. The van der Waals surface area contributed by atoms with Crippen molar-refractivity contribution in [2.75, 3.05) is 6.61 Å². The Kier molecular flexibility index (Phi) is 5.11. The van der Waals surface area contributed by atoms with E-state index >= 15 is 0 Å². The van der Waals surface area contributed by atoms with Crippen LogP contribution in [0.4, 0.5) is 0 Å². The third kappa shape index (κ3) is 3.36. The molecule has 2 rings (SSSR count). The maximum absolute atomic E-state index is 11.8. The van der Waals surface area contributed by atoms with E-state index in [1.165, 1.54) is 0 Å². The lowest BCUT2D eigenvalue weighted by atomic mass is 9.94. The Labute approximate surface area is 118 Å². The van der Waals surface area contributed by atoms with Gasteiger partial charge in [-0.2, -0.15) is 0 Å². The summed E-state index contributed by atoms with van der Waals surface area (Å²) in [4.78, 5) is 11.8. The van der Waals surface area contributed by atoms with Crippen molar-refractivity contribution in [3.8, 4) is 0 Å². The van der Waals surface area contributed by atoms with Crippen LogP contribution in [0.25, 0.3) is 0 Å². The summed E-state index contributed by atoms with van der Waals surface area (Å²) in [6.07, 6.45) is -3.23. The third-order valence-electron chi connectivity index (χ3n) is 3.44. The van der Waals surface area contributed by atoms with Crippen LogP contribution in [-0.4, -0.2) is 41.1 Å². The van der Waals surface area contributed by atoms with E-state index in [1.54, 1.807) is 24.3 Å². The van der Waals surface area contributed by atoms with Gasteiger partial charge >= 0.3 is 5.97 Å². The molecule has 0 radical (unpaired) electrons. The summed E-state index contributed by atoms with van der Waals surface area (Å²) in [7, 11) is 0. The second-order valence-electron chi connectivity index (χ2n) is 4.83. The molecule has 0 saturated carbocycles. The van der Waals surface area contributed by atoms with Crippen molar-refractivity contribution in [3.63, 3.8) is 0 Å². The Morgan fingerprint density at radius 1 is 1.25 bits per heavy atom. The van der Waals surface area contributed by atoms with Crippen LogP contribution in [-0.2, 0) is 14.3 Å². The first-order valence-corrected chi connectivity index (χ1v) is 6.85. The minimum atomic E-state index is -1.21. The Bertz CT molecular complexity index is 433. The number of esters is 1. The van der Waals surface area contributed by atoms with Crippen LogP contribution in [0.5, 0.6) is 0 Å². The van der Waals surface area contributed by atoms with E-state index < -0.39 is 30.4 Å². The minimum absolute atomic E-state index is 0.164. The van der Waals surface area contributed by atoms with E-state index in [9.17, 15) is 15.0 Å². The normalized spacial score (nSPS) is 31.2. The Balaban J connectivity index is 2.24. The van der Waals surface area contributed by atoms with Gasteiger partial charge in [0, 0.05) is 13.0 Å². The first-order chi connectivity index (χ1) is 9.63. The molecule has 5 heteroatoms. The molecule has 1 aromatic rings. The Morgan fingerprint density at radius 2 is 1.95 bits per heavy atom. The maximum atomic E-state index is 11.8. The molecule has 5 nitrogen and oxygen atoms in total. The van der Waals surface area contributed by atoms with E-state index in [4.69, 9.17) is 9.47 Å². The van der Waals surface area contributed by atoms with Gasteiger partial charge < -0.3 is 19.7 Å². The number of cyclic esters (lactones) is 1. The lowest BCUT2D eigenvalue weighted by molar-refractivity contribution is -0.178. The predicted octanol–water partition coefficient (Wildman–Crippen LogP) is 1.19. The molecule has 0 aliphatic carbocycles. The fourth-order valence-corrected chi connectivity index (χ4v) is 2.40. The van der Waals surface area contributed by atoms with Crippen molar-refractivity contribution in [1.82, 2.24) is 0 Å². The summed E-state index contributed by atoms with van der Waals surface area (Å²) in [6.45, 7) is 2.23. The van der Waals surface area contributed by atoms with Gasteiger partial charge in [0.2, 0.25) is 0 Å². The van der Waals surface area contributed by atoms with E-state index in [0.29, 0.717) is 18.6 Å². The fraction of sp³-hybridized carbons (Fsp3) is 0.533. The van der Waals surface area contributed by atoms with Crippen molar-refractivity contribution in [2.45, 2.75) is 44.2 Å². The van der Waals surface area contributed by atoms with Gasteiger partial charge in [0.15, 0.2) is 6.10 Å². The van der Waals surface area contributed by atoms with Gasteiger partial charge in [-0.15, -0.1) is 0 Å². The Hall–Kier alpha value is -1.43. The first kappa shape index (κ1) is 15.0. The smallest absolute Gasteiger partial charge is 0.306 e. The number of benzene rings is 1. The van der Waals surface area contributed by atoms with Crippen molar-refractivity contribution < 1.29 is 24.5 Å². The molecule has 0 bridgehead atoms. The molecule has 1 fully saturated rings. The standard InChI is InChI=1S/C15H20O5/c1-2-19-11-8-9-12(16)20-15(14(18)13(11)17)10-6-4-3-5-7-10/h3-7,11,13-15,17-18H,2,8-9H2,1H3/t11-,13+,14-,15-/m0/s1. The van der Waals surface area contributed by atoms with Crippen molar-refractivity contribution in [3.05, 3.63) is 35.9 Å². The van der Waals surface area contributed by atoms with Crippen molar-refractivity contribution in [1.29, 1.82) is 0 Å². The maximum Gasteiger partial charge on any atom is 0.306 e. The SMILES string of the molecule is CCO[C@H]1CCC(=O)O[C@@H](c2ccccc2)[C@@H](O)[C@@H]1O. The van der Waals surface area contributed by atoms with Crippen LogP contribution in [0.2, 0.25) is 0 Å². The van der Waals surface area contributed by atoms with Gasteiger partial charge in [0.25, 0.3) is 0 Å². The molecule has 1 aliphatic heterocycles. The van der Waals surface area contributed by atoms with Gasteiger partial charge in [-0.05, 0) is 18.9 Å². The monoisotopic (exact) mass is 280 g/mol. The highest BCUT2D eigenvalue weighted by molar-refractivity contribution is 5.70. The predicted molar refractivity (Wildman–Crippen MR) is 71.9 cm³/mol. The summed E-state index contributed by atoms with van der Waals surface area (Å²) >= 11 is 0. The molecule has 0 amide bonds. The molecule has 110 valence electrons. The van der Waals surface area contributed by atoms with Crippen LogP contribution in [0.15, 0.2) is 30.3 Å². The first-order valence-electron chi connectivity index (χ1n) is 6.85. The van der Waals surface area contributed by atoms with E-state index in [0.717, 1.165) is 0 Å². The van der Waals surface area contributed by atoms with Crippen LogP contribution in [0.3, 0.4) is 0 Å².